The minimum absolute atomic E-state index is 0.181. The number of aromatic nitrogens is 3. The van der Waals surface area contributed by atoms with Gasteiger partial charge >= 0.3 is 5.97 Å². The fourth-order valence-electron chi connectivity index (χ4n) is 1.25. The highest BCUT2D eigenvalue weighted by Gasteiger charge is 2.10. The molecule has 66 valence electrons. The highest BCUT2D eigenvalue weighted by atomic mass is 16.4. The minimum atomic E-state index is -0.978. The van der Waals surface area contributed by atoms with Gasteiger partial charge in [0.2, 0.25) is 0 Å². The van der Waals surface area contributed by atoms with E-state index in [2.05, 4.69) is 10.2 Å². The normalized spacial score (nSPS) is 10.5. The Hall–Kier alpha value is -1.91. The second kappa shape index (κ2) is 2.55. The van der Waals surface area contributed by atoms with Crippen molar-refractivity contribution in [1.29, 1.82) is 0 Å². The van der Waals surface area contributed by atoms with E-state index in [1.165, 1.54) is 10.5 Å². The quantitative estimate of drug-likeness (QED) is 0.697. The van der Waals surface area contributed by atoms with Gasteiger partial charge in [-0.25, -0.2) is 4.79 Å². The van der Waals surface area contributed by atoms with Gasteiger partial charge in [-0.05, 0) is 19.1 Å². The van der Waals surface area contributed by atoms with Crippen LogP contribution in [0.1, 0.15) is 16.3 Å². The number of hydrogen-bond donors (Lipinski definition) is 1. The lowest BCUT2D eigenvalue weighted by atomic mass is 10.3. The summed E-state index contributed by atoms with van der Waals surface area (Å²) in [5.74, 6) is -0.401. The number of fused-ring (bicyclic) bond motifs is 1. The van der Waals surface area contributed by atoms with Crippen molar-refractivity contribution in [2.45, 2.75) is 6.92 Å². The van der Waals surface area contributed by atoms with E-state index in [0.717, 1.165) is 0 Å². The number of aryl methyl sites for hydroxylation is 1. The molecule has 2 rings (SSSR count). The number of nitrogens with zero attached hydrogens (tertiary/aromatic N) is 3. The summed E-state index contributed by atoms with van der Waals surface area (Å²) < 4.78 is 1.50. The average molecular weight is 177 g/mol. The van der Waals surface area contributed by atoms with E-state index in [0.29, 0.717) is 11.5 Å². The summed E-state index contributed by atoms with van der Waals surface area (Å²) in [6.07, 6.45) is 0. The molecule has 0 saturated heterocycles. The summed E-state index contributed by atoms with van der Waals surface area (Å²) in [6, 6.07) is 4.88. The molecule has 0 amide bonds. The van der Waals surface area contributed by atoms with E-state index in [1.807, 2.05) is 0 Å². The van der Waals surface area contributed by atoms with Gasteiger partial charge in [0, 0.05) is 0 Å². The molecular weight excluding hydrogens is 170 g/mol. The molecule has 0 aliphatic carbocycles. The number of carboxylic acids is 1. The van der Waals surface area contributed by atoms with E-state index in [1.54, 1.807) is 19.1 Å². The Morgan fingerprint density at radius 3 is 2.92 bits per heavy atom. The molecule has 2 heterocycles. The first-order chi connectivity index (χ1) is 6.20. The summed E-state index contributed by atoms with van der Waals surface area (Å²) in [5, 5.41) is 16.4. The van der Waals surface area contributed by atoms with Crippen LogP contribution in [0.4, 0.5) is 0 Å². The molecular formula is C8H7N3O2. The molecule has 0 unspecified atom stereocenters. The summed E-state index contributed by atoms with van der Waals surface area (Å²) in [5.41, 5.74) is 0.734. The van der Waals surface area contributed by atoms with Gasteiger partial charge in [-0.2, -0.15) is 0 Å². The molecule has 0 bridgehead atoms. The van der Waals surface area contributed by atoms with Crippen molar-refractivity contribution < 1.29 is 9.90 Å². The van der Waals surface area contributed by atoms with Crippen molar-refractivity contribution in [1.82, 2.24) is 14.6 Å². The maximum Gasteiger partial charge on any atom is 0.352 e. The third kappa shape index (κ3) is 1.05. The molecule has 5 heteroatoms. The molecule has 0 aromatic carbocycles. The molecule has 0 fully saturated rings. The van der Waals surface area contributed by atoms with Crippen LogP contribution in [0.5, 0.6) is 0 Å². The van der Waals surface area contributed by atoms with E-state index in [-0.39, 0.29) is 5.69 Å². The Morgan fingerprint density at radius 1 is 1.46 bits per heavy atom. The van der Waals surface area contributed by atoms with Gasteiger partial charge in [-0.3, -0.25) is 4.40 Å². The summed E-state index contributed by atoms with van der Waals surface area (Å²) in [4.78, 5) is 10.8. The molecule has 0 spiro atoms. The number of aromatic carboxylic acids is 1. The summed E-state index contributed by atoms with van der Waals surface area (Å²) in [7, 11) is 0. The Kier molecular flexibility index (Phi) is 1.51. The van der Waals surface area contributed by atoms with Crippen LogP contribution in [0.2, 0.25) is 0 Å². The SMILES string of the molecule is Cc1nnc2cccc(C(=O)O)n12. The lowest BCUT2D eigenvalue weighted by Crippen LogP contribution is -2.05. The van der Waals surface area contributed by atoms with Gasteiger partial charge in [0.15, 0.2) is 5.65 Å². The van der Waals surface area contributed by atoms with E-state index >= 15 is 0 Å². The Bertz CT molecular complexity index is 475. The van der Waals surface area contributed by atoms with Gasteiger partial charge in [0.1, 0.15) is 11.5 Å². The summed E-state index contributed by atoms with van der Waals surface area (Å²) >= 11 is 0. The van der Waals surface area contributed by atoms with Crippen LogP contribution >= 0.6 is 0 Å². The average Bonchev–Trinajstić information content (AvgIpc) is 2.48. The molecule has 1 N–H and O–H groups in total. The van der Waals surface area contributed by atoms with Crippen molar-refractivity contribution in [3.05, 3.63) is 29.7 Å². The van der Waals surface area contributed by atoms with Crippen molar-refractivity contribution in [2.75, 3.05) is 0 Å². The largest absolute Gasteiger partial charge is 0.477 e. The smallest absolute Gasteiger partial charge is 0.352 e. The Morgan fingerprint density at radius 2 is 2.23 bits per heavy atom. The van der Waals surface area contributed by atoms with Crippen LogP contribution in [0.25, 0.3) is 5.65 Å². The van der Waals surface area contributed by atoms with Crippen LogP contribution < -0.4 is 0 Å². The fraction of sp³-hybridized carbons (Fsp3) is 0.125. The molecule has 2 aromatic heterocycles. The highest BCUT2D eigenvalue weighted by Crippen LogP contribution is 2.07. The third-order valence-corrected chi connectivity index (χ3v) is 1.81. The van der Waals surface area contributed by atoms with Crippen molar-refractivity contribution in [3.63, 3.8) is 0 Å². The monoisotopic (exact) mass is 177 g/mol. The first-order valence-corrected chi connectivity index (χ1v) is 3.74. The Labute approximate surface area is 73.6 Å². The second-order valence-electron chi connectivity index (χ2n) is 2.66. The fourth-order valence-corrected chi connectivity index (χ4v) is 1.25. The molecule has 2 aromatic rings. The van der Waals surface area contributed by atoms with Gasteiger partial charge in [0.05, 0.1) is 0 Å². The molecule has 0 aliphatic heterocycles. The number of carbonyl (C=O) groups is 1. The molecule has 0 saturated carbocycles. The molecule has 13 heavy (non-hydrogen) atoms. The number of carboxylic acid groups (broad SMARTS) is 1. The van der Waals surface area contributed by atoms with Crippen molar-refractivity contribution in [2.24, 2.45) is 0 Å². The van der Waals surface area contributed by atoms with Crippen molar-refractivity contribution in [3.8, 4) is 0 Å². The third-order valence-electron chi connectivity index (χ3n) is 1.81. The molecule has 0 aliphatic rings. The van der Waals surface area contributed by atoms with Crippen LogP contribution in [0, 0.1) is 6.92 Å². The first kappa shape index (κ1) is 7.72. The second-order valence-corrected chi connectivity index (χ2v) is 2.66. The zero-order valence-electron chi connectivity index (χ0n) is 6.93. The maximum absolute atomic E-state index is 10.8. The predicted molar refractivity (Wildman–Crippen MR) is 44.7 cm³/mol. The maximum atomic E-state index is 10.8. The van der Waals surface area contributed by atoms with E-state index in [4.69, 9.17) is 5.11 Å². The predicted octanol–water partition coefficient (Wildman–Crippen LogP) is 0.736. The minimum Gasteiger partial charge on any atom is -0.477 e. The zero-order valence-corrected chi connectivity index (χ0v) is 6.93. The van der Waals surface area contributed by atoms with E-state index < -0.39 is 5.97 Å². The number of rotatable bonds is 1. The lowest BCUT2D eigenvalue weighted by Gasteiger charge is -1.99. The summed E-state index contributed by atoms with van der Waals surface area (Å²) in [6.45, 7) is 1.71. The lowest BCUT2D eigenvalue weighted by molar-refractivity contribution is 0.0688. The van der Waals surface area contributed by atoms with Gasteiger partial charge in [0.25, 0.3) is 0 Å². The standard InChI is InChI=1S/C8H7N3O2/c1-5-9-10-7-4-2-3-6(8(12)13)11(5)7/h2-4H,1H3,(H,12,13). The topological polar surface area (TPSA) is 67.5 Å². The van der Waals surface area contributed by atoms with Gasteiger partial charge in [-0.1, -0.05) is 6.07 Å². The van der Waals surface area contributed by atoms with E-state index in [9.17, 15) is 4.79 Å². The Balaban J connectivity index is 2.88. The number of pyridine rings is 1. The molecule has 5 nitrogen and oxygen atoms in total. The van der Waals surface area contributed by atoms with Crippen LogP contribution in [-0.2, 0) is 0 Å². The van der Waals surface area contributed by atoms with Gasteiger partial charge in [-0.15, -0.1) is 10.2 Å². The highest BCUT2D eigenvalue weighted by molar-refractivity contribution is 5.86. The van der Waals surface area contributed by atoms with Crippen LogP contribution in [0.3, 0.4) is 0 Å². The molecule has 0 atom stereocenters. The van der Waals surface area contributed by atoms with Crippen LogP contribution in [-0.4, -0.2) is 25.7 Å². The number of hydrogen-bond acceptors (Lipinski definition) is 3. The van der Waals surface area contributed by atoms with Crippen molar-refractivity contribution >= 4 is 11.6 Å². The first-order valence-electron chi connectivity index (χ1n) is 3.74. The van der Waals surface area contributed by atoms with Gasteiger partial charge < -0.3 is 5.11 Å². The zero-order chi connectivity index (χ0) is 9.42. The molecule has 0 radical (unpaired) electrons. The van der Waals surface area contributed by atoms with Crippen LogP contribution in [0.15, 0.2) is 18.2 Å².